The molecule has 0 atom stereocenters. The van der Waals surface area contributed by atoms with Gasteiger partial charge >= 0.3 is 0 Å². The van der Waals surface area contributed by atoms with E-state index in [-0.39, 0.29) is 0 Å². The monoisotopic (exact) mass is 291 g/mol. The summed E-state index contributed by atoms with van der Waals surface area (Å²) in [4.78, 5) is 1.14. The van der Waals surface area contributed by atoms with Gasteiger partial charge in [0.25, 0.3) is 0 Å². The van der Waals surface area contributed by atoms with E-state index in [1.807, 2.05) is 36.6 Å². The average Bonchev–Trinajstić information content (AvgIpc) is 2.93. The zero-order valence-electron chi connectivity index (χ0n) is 12.0. The van der Waals surface area contributed by atoms with E-state index in [4.69, 9.17) is 9.15 Å². The van der Waals surface area contributed by atoms with Crippen molar-refractivity contribution in [1.29, 1.82) is 0 Å². The van der Waals surface area contributed by atoms with Crippen LogP contribution in [-0.2, 0) is 13.2 Å². The molecule has 3 nitrogen and oxygen atoms in total. The lowest BCUT2D eigenvalue weighted by atomic mass is 10.3. The molecule has 0 aliphatic carbocycles. The van der Waals surface area contributed by atoms with E-state index in [0.717, 1.165) is 41.7 Å². The lowest BCUT2D eigenvalue weighted by Gasteiger charge is -2.08. The molecule has 0 saturated carbocycles. The summed E-state index contributed by atoms with van der Waals surface area (Å²) in [6.45, 7) is 4.39. The molecule has 1 N–H and O–H groups in total. The second kappa shape index (κ2) is 8.02. The van der Waals surface area contributed by atoms with Crippen LogP contribution in [0.1, 0.15) is 24.9 Å². The maximum atomic E-state index is 5.82. The van der Waals surface area contributed by atoms with E-state index >= 15 is 0 Å². The molecule has 1 aromatic heterocycles. The van der Waals surface area contributed by atoms with Crippen molar-refractivity contribution in [2.24, 2.45) is 0 Å². The molecular weight excluding hydrogens is 270 g/mol. The van der Waals surface area contributed by atoms with Gasteiger partial charge in [-0.05, 0) is 43.5 Å². The predicted molar refractivity (Wildman–Crippen MR) is 83.3 cm³/mol. The van der Waals surface area contributed by atoms with Gasteiger partial charge < -0.3 is 14.5 Å². The summed E-state index contributed by atoms with van der Waals surface area (Å²) in [6.07, 6.45) is 3.18. The molecule has 0 spiro atoms. The van der Waals surface area contributed by atoms with Gasteiger partial charge in [0, 0.05) is 4.90 Å². The van der Waals surface area contributed by atoms with Crippen molar-refractivity contribution in [1.82, 2.24) is 5.32 Å². The second-order valence-electron chi connectivity index (χ2n) is 4.48. The van der Waals surface area contributed by atoms with Crippen molar-refractivity contribution < 1.29 is 9.15 Å². The van der Waals surface area contributed by atoms with Crippen molar-refractivity contribution in [3.63, 3.8) is 0 Å². The van der Waals surface area contributed by atoms with Gasteiger partial charge in [-0.15, -0.1) is 11.8 Å². The lowest BCUT2D eigenvalue weighted by molar-refractivity contribution is 0.259. The van der Waals surface area contributed by atoms with Crippen LogP contribution in [0.15, 0.2) is 45.7 Å². The molecule has 0 radical (unpaired) electrons. The Bertz CT molecular complexity index is 525. The van der Waals surface area contributed by atoms with Gasteiger partial charge in [-0.25, -0.2) is 0 Å². The van der Waals surface area contributed by atoms with Crippen molar-refractivity contribution in [3.8, 4) is 5.75 Å². The minimum Gasteiger partial charge on any atom is -0.484 e. The van der Waals surface area contributed by atoms with Gasteiger partial charge in [0.1, 0.15) is 23.9 Å². The Morgan fingerprint density at radius 2 is 1.95 bits per heavy atom. The first-order valence-electron chi connectivity index (χ1n) is 6.87. The van der Waals surface area contributed by atoms with Crippen molar-refractivity contribution in [2.75, 3.05) is 12.8 Å². The Kier molecular flexibility index (Phi) is 6.02. The van der Waals surface area contributed by atoms with E-state index < -0.39 is 0 Å². The highest BCUT2D eigenvalue weighted by atomic mass is 32.2. The largest absolute Gasteiger partial charge is 0.484 e. The van der Waals surface area contributed by atoms with Gasteiger partial charge in [-0.3, -0.25) is 0 Å². The molecule has 20 heavy (non-hydrogen) atoms. The molecule has 0 bridgehead atoms. The van der Waals surface area contributed by atoms with Gasteiger partial charge in [-0.2, -0.15) is 0 Å². The third kappa shape index (κ3) is 4.32. The summed E-state index contributed by atoms with van der Waals surface area (Å²) in [6, 6.07) is 12.0. The molecule has 1 heterocycles. The SMILES string of the molecule is CCCNCc1ccc(COc2ccccc2SC)o1. The number of hydrogen-bond acceptors (Lipinski definition) is 4. The summed E-state index contributed by atoms with van der Waals surface area (Å²) in [5.74, 6) is 2.71. The van der Waals surface area contributed by atoms with Crippen molar-refractivity contribution in [3.05, 3.63) is 47.9 Å². The highest BCUT2D eigenvalue weighted by molar-refractivity contribution is 7.98. The van der Waals surface area contributed by atoms with Gasteiger partial charge in [0.05, 0.1) is 6.54 Å². The van der Waals surface area contributed by atoms with Crippen LogP contribution in [0.5, 0.6) is 5.75 Å². The maximum absolute atomic E-state index is 5.82. The van der Waals surface area contributed by atoms with Crippen LogP contribution < -0.4 is 10.1 Å². The summed E-state index contributed by atoms with van der Waals surface area (Å²) in [5.41, 5.74) is 0. The van der Waals surface area contributed by atoms with Gasteiger partial charge in [0.2, 0.25) is 0 Å². The fourth-order valence-electron chi connectivity index (χ4n) is 1.87. The van der Waals surface area contributed by atoms with E-state index in [1.165, 1.54) is 0 Å². The third-order valence-corrected chi connectivity index (χ3v) is 3.66. The van der Waals surface area contributed by atoms with Crippen LogP contribution in [0.25, 0.3) is 0 Å². The number of rotatable bonds is 8. The minimum absolute atomic E-state index is 0.464. The van der Waals surface area contributed by atoms with Crippen molar-refractivity contribution in [2.45, 2.75) is 31.4 Å². The molecule has 0 fully saturated rings. The molecule has 0 saturated heterocycles. The quantitative estimate of drug-likeness (QED) is 0.587. The summed E-state index contributed by atoms with van der Waals surface area (Å²) in [5, 5.41) is 3.32. The average molecular weight is 291 g/mol. The van der Waals surface area contributed by atoms with Crippen LogP contribution in [0, 0.1) is 0 Å². The smallest absolute Gasteiger partial charge is 0.146 e. The van der Waals surface area contributed by atoms with E-state index in [9.17, 15) is 0 Å². The number of benzene rings is 1. The normalized spacial score (nSPS) is 10.7. The van der Waals surface area contributed by atoms with E-state index in [2.05, 4.69) is 18.3 Å². The van der Waals surface area contributed by atoms with Crippen LogP contribution >= 0.6 is 11.8 Å². The number of hydrogen-bond donors (Lipinski definition) is 1. The van der Waals surface area contributed by atoms with Crippen LogP contribution in [0.3, 0.4) is 0 Å². The molecule has 0 amide bonds. The highest BCUT2D eigenvalue weighted by Gasteiger charge is 2.05. The molecule has 2 aromatic rings. The molecular formula is C16H21NO2S. The number of nitrogens with one attached hydrogen (secondary N) is 1. The highest BCUT2D eigenvalue weighted by Crippen LogP contribution is 2.27. The predicted octanol–water partition coefficient (Wildman–Crippen LogP) is 4.08. The van der Waals surface area contributed by atoms with Crippen molar-refractivity contribution >= 4 is 11.8 Å². The maximum Gasteiger partial charge on any atom is 0.146 e. The Hall–Kier alpha value is -1.39. The third-order valence-electron chi connectivity index (χ3n) is 2.88. The standard InChI is InChI=1S/C16H21NO2S/c1-3-10-17-11-13-8-9-14(19-13)12-18-15-6-4-5-7-16(15)20-2/h4-9,17H,3,10-12H2,1-2H3. The molecule has 0 unspecified atom stereocenters. The summed E-state index contributed by atoms with van der Waals surface area (Å²) >= 11 is 1.68. The zero-order valence-corrected chi connectivity index (χ0v) is 12.8. The number of furan rings is 1. The molecule has 0 aliphatic heterocycles. The lowest BCUT2D eigenvalue weighted by Crippen LogP contribution is -2.13. The van der Waals surface area contributed by atoms with Crippen LogP contribution in [0.4, 0.5) is 0 Å². The molecule has 2 rings (SSSR count). The topological polar surface area (TPSA) is 34.4 Å². The molecule has 1 aromatic carbocycles. The van der Waals surface area contributed by atoms with Crippen LogP contribution in [-0.4, -0.2) is 12.8 Å². The Balaban J connectivity index is 1.87. The fraction of sp³-hybridized carbons (Fsp3) is 0.375. The number of para-hydroxylation sites is 1. The Labute approximate surface area is 124 Å². The first kappa shape index (κ1) is 15.0. The first-order valence-corrected chi connectivity index (χ1v) is 8.10. The summed E-state index contributed by atoms with van der Waals surface area (Å²) < 4.78 is 11.5. The van der Waals surface area contributed by atoms with E-state index in [0.29, 0.717) is 6.61 Å². The van der Waals surface area contributed by atoms with E-state index in [1.54, 1.807) is 11.8 Å². The van der Waals surface area contributed by atoms with Gasteiger partial charge in [-0.1, -0.05) is 19.1 Å². The molecule has 108 valence electrons. The zero-order chi connectivity index (χ0) is 14.2. The minimum atomic E-state index is 0.464. The second-order valence-corrected chi connectivity index (χ2v) is 5.33. The Morgan fingerprint density at radius 3 is 2.75 bits per heavy atom. The van der Waals surface area contributed by atoms with Gasteiger partial charge in [0.15, 0.2) is 0 Å². The molecule has 0 aliphatic rings. The number of thioether (sulfide) groups is 1. The van der Waals surface area contributed by atoms with Crippen LogP contribution in [0.2, 0.25) is 0 Å². The summed E-state index contributed by atoms with van der Waals surface area (Å²) in [7, 11) is 0. The molecule has 4 heteroatoms. The Morgan fingerprint density at radius 1 is 1.15 bits per heavy atom. The fourth-order valence-corrected chi connectivity index (χ4v) is 2.41. The first-order chi connectivity index (χ1) is 9.83. The number of ether oxygens (including phenoxy) is 1.